The van der Waals surface area contributed by atoms with Crippen LogP contribution in [0.1, 0.15) is 16.8 Å². The summed E-state index contributed by atoms with van der Waals surface area (Å²) in [4.78, 5) is 5.48. The summed E-state index contributed by atoms with van der Waals surface area (Å²) in [6.45, 7) is 4.18. The van der Waals surface area contributed by atoms with Crippen LogP contribution < -0.4 is 0 Å². The van der Waals surface area contributed by atoms with Crippen LogP contribution in [-0.4, -0.2) is 4.98 Å². The van der Waals surface area contributed by atoms with E-state index in [9.17, 15) is 0 Å². The first kappa shape index (κ1) is 5.76. The van der Waals surface area contributed by atoms with E-state index in [4.69, 9.17) is 0 Å². The lowest BCUT2D eigenvalue weighted by atomic mass is 10.4. The standard InChI is InChI=1S/C6H9NS/c1-3-6-4-7-5(2)8-6/h4H,3H2,1-2H3. The zero-order valence-corrected chi connectivity index (χ0v) is 5.96. The molecule has 8 heavy (non-hydrogen) atoms. The van der Waals surface area contributed by atoms with Gasteiger partial charge in [-0.3, -0.25) is 0 Å². The Kier molecular flexibility index (Phi) is 1.63. The Bertz CT molecular complexity index is 169. The Balaban J connectivity index is 2.84. The summed E-state index contributed by atoms with van der Waals surface area (Å²) in [5.74, 6) is 0. The van der Waals surface area contributed by atoms with E-state index in [2.05, 4.69) is 11.9 Å². The summed E-state index contributed by atoms with van der Waals surface area (Å²) in [6.07, 6.45) is 3.06. The van der Waals surface area contributed by atoms with Gasteiger partial charge in [0, 0.05) is 11.1 Å². The van der Waals surface area contributed by atoms with Crippen LogP contribution in [0.15, 0.2) is 6.20 Å². The minimum absolute atomic E-state index is 1.12. The van der Waals surface area contributed by atoms with Crippen molar-refractivity contribution >= 4 is 11.3 Å². The van der Waals surface area contributed by atoms with Gasteiger partial charge >= 0.3 is 0 Å². The maximum absolute atomic E-state index is 4.11. The highest BCUT2D eigenvalue weighted by Gasteiger charge is 1.91. The third-order valence-electron chi connectivity index (χ3n) is 1.02. The highest BCUT2D eigenvalue weighted by Crippen LogP contribution is 2.10. The molecule has 1 nitrogen and oxygen atoms in total. The molecular weight excluding hydrogens is 118 g/mol. The predicted molar refractivity (Wildman–Crippen MR) is 36.2 cm³/mol. The van der Waals surface area contributed by atoms with Crippen LogP contribution in [0, 0.1) is 6.92 Å². The van der Waals surface area contributed by atoms with Crippen molar-refractivity contribution in [2.24, 2.45) is 0 Å². The Morgan fingerprint density at radius 2 is 2.50 bits per heavy atom. The number of aryl methyl sites for hydroxylation is 2. The van der Waals surface area contributed by atoms with E-state index in [1.54, 1.807) is 11.3 Å². The molecule has 1 heterocycles. The average molecular weight is 127 g/mol. The molecule has 0 N–H and O–H groups in total. The van der Waals surface area contributed by atoms with Crippen molar-refractivity contribution in [2.45, 2.75) is 20.3 Å². The van der Waals surface area contributed by atoms with Crippen molar-refractivity contribution in [1.82, 2.24) is 4.98 Å². The van der Waals surface area contributed by atoms with Gasteiger partial charge in [0.2, 0.25) is 0 Å². The predicted octanol–water partition coefficient (Wildman–Crippen LogP) is 2.01. The molecule has 1 rings (SSSR count). The van der Waals surface area contributed by atoms with E-state index < -0.39 is 0 Å². The van der Waals surface area contributed by atoms with Gasteiger partial charge in [-0.05, 0) is 13.3 Å². The summed E-state index contributed by atoms with van der Waals surface area (Å²) < 4.78 is 0. The zero-order valence-electron chi connectivity index (χ0n) is 5.14. The summed E-state index contributed by atoms with van der Waals surface area (Å²) in [7, 11) is 0. The molecule has 0 aromatic carbocycles. The second-order valence-electron chi connectivity index (χ2n) is 1.70. The molecule has 0 saturated heterocycles. The van der Waals surface area contributed by atoms with E-state index >= 15 is 0 Å². The first-order valence-corrected chi connectivity index (χ1v) is 3.56. The third kappa shape index (κ3) is 1.07. The second kappa shape index (κ2) is 2.27. The van der Waals surface area contributed by atoms with Crippen LogP contribution in [0.3, 0.4) is 0 Å². The molecule has 1 aromatic heterocycles. The first-order valence-electron chi connectivity index (χ1n) is 2.74. The smallest absolute Gasteiger partial charge is 0.0896 e. The number of nitrogens with zero attached hydrogens (tertiary/aromatic N) is 1. The van der Waals surface area contributed by atoms with Gasteiger partial charge in [-0.1, -0.05) is 6.92 Å². The van der Waals surface area contributed by atoms with Crippen molar-refractivity contribution in [3.8, 4) is 0 Å². The number of hydrogen-bond donors (Lipinski definition) is 0. The molecule has 44 valence electrons. The Hall–Kier alpha value is -0.370. The third-order valence-corrected chi connectivity index (χ3v) is 2.07. The first-order chi connectivity index (χ1) is 3.83. The number of aromatic nitrogens is 1. The van der Waals surface area contributed by atoms with Crippen molar-refractivity contribution in [1.29, 1.82) is 0 Å². The van der Waals surface area contributed by atoms with Gasteiger partial charge in [0.15, 0.2) is 0 Å². The van der Waals surface area contributed by atoms with Gasteiger partial charge in [0.1, 0.15) is 0 Å². The average Bonchev–Trinajstić information content (AvgIpc) is 2.14. The fourth-order valence-corrected chi connectivity index (χ4v) is 1.30. The minimum Gasteiger partial charge on any atom is -0.250 e. The molecule has 0 aliphatic heterocycles. The molecule has 0 unspecified atom stereocenters. The molecule has 0 bridgehead atoms. The van der Waals surface area contributed by atoms with Crippen LogP contribution in [0.5, 0.6) is 0 Å². The largest absolute Gasteiger partial charge is 0.250 e. The molecule has 0 aliphatic carbocycles. The van der Waals surface area contributed by atoms with E-state index in [-0.39, 0.29) is 0 Å². The van der Waals surface area contributed by atoms with Crippen LogP contribution >= 0.6 is 11.3 Å². The van der Waals surface area contributed by atoms with Gasteiger partial charge < -0.3 is 0 Å². The monoisotopic (exact) mass is 127 g/mol. The summed E-state index contributed by atoms with van der Waals surface area (Å²) in [5.41, 5.74) is 0. The quantitative estimate of drug-likeness (QED) is 0.562. The molecular formula is C6H9NS. The fourth-order valence-electron chi connectivity index (χ4n) is 0.569. The summed E-state index contributed by atoms with van der Waals surface area (Å²) in [5, 5.41) is 1.17. The molecule has 0 amide bonds. The Morgan fingerprint density at radius 1 is 1.75 bits per heavy atom. The van der Waals surface area contributed by atoms with Crippen molar-refractivity contribution in [3.63, 3.8) is 0 Å². The van der Waals surface area contributed by atoms with E-state index in [1.807, 2.05) is 13.1 Å². The normalized spacial score (nSPS) is 9.75. The SMILES string of the molecule is CCc1cnc(C)s1. The highest BCUT2D eigenvalue weighted by molar-refractivity contribution is 7.11. The number of thiazole rings is 1. The fraction of sp³-hybridized carbons (Fsp3) is 0.500. The van der Waals surface area contributed by atoms with Crippen molar-refractivity contribution < 1.29 is 0 Å². The van der Waals surface area contributed by atoms with Crippen LogP contribution in [0.25, 0.3) is 0 Å². The Morgan fingerprint density at radius 3 is 2.75 bits per heavy atom. The number of hydrogen-bond acceptors (Lipinski definition) is 2. The molecule has 0 fully saturated rings. The maximum atomic E-state index is 4.11. The van der Waals surface area contributed by atoms with Crippen molar-refractivity contribution in [3.05, 3.63) is 16.1 Å². The van der Waals surface area contributed by atoms with Crippen LogP contribution in [0.4, 0.5) is 0 Å². The topological polar surface area (TPSA) is 12.9 Å². The Labute approximate surface area is 53.4 Å². The molecule has 0 spiro atoms. The van der Waals surface area contributed by atoms with Gasteiger partial charge in [0.05, 0.1) is 5.01 Å². The molecule has 0 atom stereocenters. The second-order valence-corrected chi connectivity index (χ2v) is 3.02. The summed E-state index contributed by atoms with van der Waals surface area (Å²) in [6, 6.07) is 0. The summed E-state index contributed by atoms with van der Waals surface area (Å²) >= 11 is 1.78. The lowest BCUT2D eigenvalue weighted by Crippen LogP contribution is -1.64. The van der Waals surface area contributed by atoms with Crippen molar-refractivity contribution in [2.75, 3.05) is 0 Å². The van der Waals surface area contributed by atoms with Crippen LogP contribution in [0.2, 0.25) is 0 Å². The molecule has 2 heteroatoms. The zero-order chi connectivity index (χ0) is 5.98. The minimum atomic E-state index is 1.12. The molecule has 0 radical (unpaired) electrons. The van der Waals surface area contributed by atoms with Crippen LogP contribution in [-0.2, 0) is 6.42 Å². The van der Waals surface area contributed by atoms with E-state index in [0.29, 0.717) is 0 Å². The molecule has 1 aromatic rings. The lowest BCUT2D eigenvalue weighted by Gasteiger charge is -1.78. The lowest BCUT2D eigenvalue weighted by molar-refractivity contribution is 1.16. The number of rotatable bonds is 1. The van der Waals surface area contributed by atoms with E-state index in [1.165, 1.54) is 9.88 Å². The molecule has 0 saturated carbocycles. The van der Waals surface area contributed by atoms with E-state index in [0.717, 1.165) is 6.42 Å². The van der Waals surface area contributed by atoms with Gasteiger partial charge in [-0.25, -0.2) is 4.98 Å². The maximum Gasteiger partial charge on any atom is 0.0896 e. The van der Waals surface area contributed by atoms with Gasteiger partial charge in [-0.15, -0.1) is 11.3 Å². The van der Waals surface area contributed by atoms with Gasteiger partial charge in [-0.2, -0.15) is 0 Å². The highest BCUT2D eigenvalue weighted by atomic mass is 32.1. The molecule has 0 aliphatic rings. The van der Waals surface area contributed by atoms with Gasteiger partial charge in [0.25, 0.3) is 0 Å².